The van der Waals surface area contributed by atoms with Gasteiger partial charge in [0.25, 0.3) is 0 Å². The zero-order valence-corrected chi connectivity index (χ0v) is 11.3. The number of ketones is 1. The van der Waals surface area contributed by atoms with E-state index in [4.69, 9.17) is 0 Å². The van der Waals surface area contributed by atoms with Crippen LogP contribution in [0, 0.1) is 5.82 Å². The zero-order chi connectivity index (χ0) is 14.9. The maximum atomic E-state index is 13.0. The van der Waals surface area contributed by atoms with E-state index in [1.807, 2.05) is 0 Å². The van der Waals surface area contributed by atoms with Crippen LogP contribution in [-0.2, 0) is 15.0 Å². The van der Waals surface area contributed by atoms with Gasteiger partial charge >= 0.3 is 0 Å². The number of carbonyl (C=O) groups excluding carboxylic acids is 2. The van der Waals surface area contributed by atoms with Crippen molar-refractivity contribution in [2.45, 2.75) is 24.9 Å². The molecule has 106 valence electrons. The molecule has 0 fully saturated rings. The van der Waals surface area contributed by atoms with Crippen molar-refractivity contribution in [3.8, 4) is 0 Å². The third-order valence-corrected chi connectivity index (χ3v) is 3.86. The van der Waals surface area contributed by atoms with Gasteiger partial charge in [0.05, 0.1) is 11.5 Å². The molecule has 0 saturated heterocycles. The molecule has 2 atom stereocenters. The van der Waals surface area contributed by atoms with E-state index >= 15 is 0 Å². The van der Waals surface area contributed by atoms with Crippen molar-refractivity contribution in [3.63, 3.8) is 0 Å². The number of carbonyl (C=O) groups is 2. The first-order valence-electron chi connectivity index (χ1n) is 6.30. The number of hydrogen-bond acceptors (Lipinski definition) is 3. The molecule has 2 N–H and O–H groups in total. The molecule has 1 aromatic rings. The maximum absolute atomic E-state index is 13.0. The molecule has 0 aliphatic heterocycles. The van der Waals surface area contributed by atoms with E-state index in [2.05, 4.69) is 5.32 Å². The molecule has 20 heavy (non-hydrogen) atoms. The molecular weight excluding hydrogens is 261 g/mol. The van der Waals surface area contributed by atoms with Crippen molar-refractivity contribution in [3.05, 3.63) is 47.3 Å². The molecule has 0 radical (unpaired) electrons. The van der Waals surface area contributed by atoms with Crippen molar-refractivity contribution in [2.24, 2.45) is 0 Å². The Labute approximate surface area is 116 Å². The fourth-order valence-corrected chi connectivity index (χ4v) is 2.39. The summed E-state index contributed by atoms with van der Waals surface area (Å²) in [4.78, 5) is 23.9. The molecule has 5 heteroatoms. The van der Waals surface area contributed by atoms with Crippen LogP contribution in [-0.4, -0.2) is 29.9 Å². The van der Waals surface area contributed by atoms with Crippen molar-refractivity contribution in [1.29, 1.82) is 0 Å². The highest BCUT2D eigenvalue weighted by molar-refractivity contribution is 6.07. The lowest BCUT2D eigenvalue weighted by Crippen LogP contribution is -2.47. The van der Waals surface area contributed by atoms with E-state index in [-0.39, 0.29) is 23.7 Å². The van der Waals surface area contributed by atoms with Crippen molar-refractivity contribution < 1.29 is 19.1 Å². The van der Waals surface area contributed by atoms with Crippen LogP contribution in [0.2, 0.25) is 0 Å². The number of rotatable bonds is 2. The van der Waals surface area contributed by atoms with Gasteiger partial charge in [-0.15, -0.1) is 0 Å². The molecule has 0 saturated carbocycles. The molecule has 0 heterocycles. The Hall–Kier alpha value is -2.01. The van der Waals surface area contributed by atoms with E-state index in [1.165, 1.54) is 37.4 Å². The van der Waals surface area contributed by atoms with E-state index in [9.17, 15) is 19.1 Å². The lowest BCUT2D eigenvalue weighted by molar-refractivity contribution is -0.126. The summed E-state index contributed by atoms with van der Waals surface area (Å²) in [6.45, 7) is 1.60. The molecule has 1 aromatic carbocycles. The molecular formula is C15H16FNO3. The standard InChI is InChI=1S/C15H16FNO3/c1-15(10-3-5-11(16)6-4-10)12(18)7-9(8-13(15)19)14(20)17-2/h3-7,13,19H,8H2,1-2H3,(H,17,20). The Bertz CT molecular complexity index is 579. The summed E-state index contributed by atoms with van der Waals surface area (Å²) in [6, 6.07) is 5.46. The number of aliphatic hydroxyl groups is 1. The first-order valence-corrected chi connectivity index (χ1v) is 6.30. The largest absolute Gasteiger partial charge is 0.391 e. The molecule has 2 rings (SSSR count). The van der Waals surface area contributed by atoms with E-state index < -0.39 is 17.3 Å². The van der Waals surface area contributed by atoms with Gasteiger partial charge in [-0.2, -0.15) is 0 Å². The van der Waals surface area contributed by atoms with Gasteiger partial charge in [0.2, 0.25) is 5.91 Å². The minimum atomic E-state index is -1.16. The minimum absolute atomic E-state index is 0.0826. The highest BCUT2D eigenvalue weighted by Gasteiger charge is 2.44. The number of hydrogen-bond donors (Lipinski definition) is 2. The average molecular weight is 277 g/mol. The Kier molecular flexibility index (Phi) is 3.72. The van der Waals surface area contributed by atoms with Gasteiger partial charge in [0.1, 0.15) is 5.82 Å². The smallest absolute Gasteiger partial charge is 0.247 e. The number of likely N-dealkylation sites (N-methyl/N-ethyl adjacent to an activating group) is 1. The van der Waals surface area contributed by atoms with Gasteiger partial charge in [0, 0.05) is 19.0 Å². The van der Waals surface area contributed by atoms with Gasteiger partial charge < -0.3 is 10.4 Å². The topological polar surface area (TPSA) is 66.4 Å². The first-order chi connectivity index (χ1) is 9.39. The Morgan fingerprint density at radius 3 is 2.50 bits per heavy atom. The highest BCUT2D eigenvalue weighted by Crippen LogP contribution is 2.36. The summed E-state index contributed by atoms with van der Waals surface area (Å²) in [6.07, 6.45) is 0.312. The molecule has 4 nitrogen and oxygen atoms in total. The van der Waals surface area contributed by atoms with E-state index in [1.54, 1.807) is 6.92 Å². The van der Waals surface area contributed by atoms with Crippen LogP contribution in [0.3, 0.4) is 0 Å². The average Bonchev–Trinajstić information content (AvgIpc) is 2.44. The summed E-state index contributed by atoms with van der Waals surface area (Å²) >= 11 is 0. The number of allylic oxidation sites excluding steroid dienone is 1. The van der Waals surface area contributed by atoms with Crippen LogP contribution in [0.5, 0.6) is 0 Å². The predicted octanol–water partition coefficient (Wildman–Crippen LogP) is 1.09. The summed E-state index contributed by atoms with van der Waals surface area (Å²) in [5.41, 5.74) is -0.376. The number of halogens is 1. The number of aliphatic hydroxyl groups excluding tert-OH is 1. The third-order valence-electron chi connectivity index (χ3n) is 3.86. The Morgan fingerprint density at radius 2 is 2.00 bits per heavy atom. The third kappa shape index (κ3) is 2.25. The molecule has 1 amide bonds. The SMILES string of the molecule is CNC(=O)C1=CC(=O)C(C)(c2ccc(F)cc2)C(O)C1. The number of amides is 1. The number of benzene rings is 1. The first kappa shape index (κ1) is 14.4. The number of nitrogens with one attached hydrogen (secondary N) is 1. The van der Waals surface area contributed by atoms with Crippen molar-refractivity contribution >= 4 is 11.7 Å². The van der Waals surface area contributed by atoms with E-state index in [0.29, 0.717) is 5.56 Å². The van der Waals surface area contributed by atoms with Crippen LogP contribution in [0.15, 0.2) is 35.9 Å². The second-order valence-corrected chi connectivity index (χ2v) is 5.04. The normalized spacial score (nSPS) is 26.1. The predicted molar refractivity (Wildman–Crippen MR) is 71.5 cm³/mol. The summed E-state index contributed by atoms with van der Waals surface area (Å²) in [5.74, 6) is -1.14. The monoisotopic (exact) mass is 277 g/mol. The molecule has 0 aromatic heterocycles. The van der Waals surface area contributed by atoms with Crippen LogP contribution >= 0.6 is 0 Å². The van der Waals surface area contributed by atoms with Gasteiger partial charge in [0.15, 0.2) is 5.78 Å². The van der Waals surface area contributed by atoms with Gasteiger partial charge in [-0.05, 0) is 30.7 Å². The summed E-state index contributed by atoms with van der Waals surface area (Å²) < 4.78 is 13.0. The lowest BCUT2D eigenvalue weighted by Gasteiger charge is -2.36. The van der Waals surface area contributed by atoms with Crippen molar-refractivity contribution in [1.82, 2.24) is 5.32 Å². The van der Waals surface area contributed by atoms with Gasteiger partial charge in [-0.1, -0.05) is 12.1 Å². The summed E-state index contributed by atoms with van der Waals surface area (Å²) in [7, 11) is 1.47. The minimum Gasteiger partial charge on any atom is -0.391 e. The molecule has 0 bridgehead atoms. The zero-order valence-electron chi connectivity index (χ0n) is 11.3. The summed E-state index contributed by atoms with van der Waals surface area (Å²) in [5, 5.41) is 12.7. The van der Waals surface area contributed by atoms with Crippen LogP contribution in [0.25, 0.3) is 0 Å². The second-order valence-electron chi connectivity index (χ2n) is 5.04. The van der Waals surface area contributed by atoms with Crippen LogP contribution in [0.1, 0.15) is 18.9 Å². The fourth-order valence-electron chi connectivity index (χ4n) is 2.39. The fraction of sp³-hybridized carbons (Fsp3) is 0.333. The molecule has 0 spiro atoms. The Balaban J connectivity index is 2.42. The van der Waals surface area contributed by atoms with Gasteiger partial charge in [-0.3, -0.25) is 9.59 Å². The maximum Gasteiger partial charge on any atom is 0.247 e. The van der Waals surface area contributed by atoms with E-state index in [0.717, 1.165) is 0 Å². The lowest BCUT2D eigenvalue weighted by atomic mass is 9.68. The second kappa shape index (κ2) is 5.17. The van der Waals surface area contributed by atoms with Crippen LogP contribution in [0.4, 0.5) is 4.39 Å². The Morgan fingerprint density at radius 1 is 1.40 bits per heavy atom. The highest BCUT2D eigenvalue weighted by atomic mass is 19.1. The quantitative estimate of drug-likeness (QED) is 0.850. The molecule has 1 aliphatic rings. The molecule has 1 aliphatic carbocycles. The van der Waals surface area contributed by atoms with Gasteiger partial charge in [-0.25, -0.2) is 4.39 Å². The van der Waals surface area contributed by atoms with Crippen LogP contribution < -0.4 is 5.32 Å². The van der Waals surface area contributed by atoms with Crippen molar-refractivity contribution in [2.75, 3.05) is 7.05 Å². The molecule has 2 unspecified atom stereocenters.